The van der Waals surface area contributed by atoms with Gasteiger partial charge in [0.05, 0.1) is 10.6 Å². The zero-order valence-electron chi connectivity index (χ0n) is 15.9. The molecular formula is C24H18BrNO3S. The van der Waals surface area contributed by atoms with Crippen LogP contribution in [-0.2, 0) is 16.4 Å². The van der Waals surface area contributed by atoms with Crippen molar-refractivity contribution >= 4 is 48.2 Å². The number of nitrogens with one attached hydrogen (secondary N) is 1. The van der Waals surface area contributed by atoms with Crippen molar-refractivity contribution in [2.24, 2.45) is 0 Å². The predicted molar refractivity (Wildman–Crippen MR) is 123 cm³/mol. The van der Waals surface area contributed by atoms with E-state index in [4.69, 9.17) is 0 Å². The van der Waals surface area contributed by atoms with E-state index < -0.39 is 10.0 Å². The monoisotopic (exact) mass is 479 g/mol. The second-order valence-corrected chi connectivity index (χ2v) is 9.33. The van der Waals surface area contributed by atoms with Gasteiger partial charge in [0.25, 0.3) is 10.0 Å². The molecule has 4 nitrogen and oxygen atoms in total. The van der Waals surface area contributed by atoms with E-state index in [2.05, 4.69) is 20.7 Å². The number of Topliss-reactive ketones (excluding diaryl/α,β-unsaturated/α-hetero) is 1. The van der Waals surface area contributed by atoms with Crippen molar-refractivity contribution in [2.45, 2.75) is 11.3 Å². The quantitative estimate of drug-likeness (QED) is 0.354. The van der Waals surface area contributed by atoms with Crippen LogP contribution in [0, 0.1) is 0 Å². The Kier molecular flexibility index (Phi) is 5.70. The van der Waals surface area contributed by atoms with Crippen LogP contribution >= 0.6 is 15.9 Å². The lowest BCUT2D eigenvalue weighted by Gasteiger charge is -2.14. The van der Waals surface area contributed by atoms with E-state index in [-0.39, 0.29) is 22.8 Å². The molecule has 0 unspecified atom stereocenters. The number of ketones is 1. The van der Waals surface area contributed by atoms with E-state index in [0.717, 1.165) is 15.4 Å². The summed E-state index contributed by atoms with van der Waals surface area (Å²) in [5, 5.41) is 1.40. The number of halogens is 1. The van der Waals surface area contributed by atoms with Crippen LogP contribution in [0.2, 0.25) is 0 Å². The van der Waals surface area contributed by atoms with Gasteiger partial charge in [0.2, 0.25) is 0 Å². The number of carbonyl (C=O) groups is 1. The zero-order valence-corrected chi connectivity index (χ0v) is 18.3. The average Bonchev–Trinajstić information content (AvgIpc) is 2.75. The SMILES string of the molecule is O=C(Cc1ccccc1)c1ccccc1NS(=O)(=O)c1ccc(Br)c2ccccc12. The number of sulfonamides is 1. The van der Waals surface area contributed by atoms with Crippen LogP contribution in [0.25, 0.3) is 10.8 Å². The number of fused-ring (bicyclic) bond motifs is 1. The van der Waals surface area contributed by atoms with Crippen molar-refractivity contribution in [2.75, 3.05) is 4.72 Å². The van der Waals surface area contributed by atoms with Crippen LogP contribution in [0.4, 0.5) is 5.69 Å². The molecule has 0 radical (unpaired) electrons. The largest absolute Gasteiger partial charge is 0.294 e. The average molecular weight is 480 g/mol. The smallest absolute Gasteiger partial charge is 0.262 e. The molecule has 4 aromatic rings. The fourth-order valence-electron chi connectivity index (χ4n) is 3.36. The number of rotatable bonds is 6. The maximum atomic E-state index is 13.2. The molecule has 0 saturated carbocycles. The molecule has 0 amide bonds. The van der Waals surface area contributed by atoms with Crippen molar-refractivity contribution in [3.05, 3.63) is 107 Å². The number of hydrogen-bond donors (Lipinski definition) is 1. The molecule has 150 valence electrons. The highest BCUT2D eigenvalue weighted by Crippen LogP contribution is 2.31. The molecule has 0 spiro atoms. The van der Waals surface area contributed by atoms with Crippen LogP contribution in [0.15, 0.2) is 100 Å². The van der Waals surface area contributed by atoms with Gasteiger partial charge in [0, 0.05) is 21.8 Å². The summed E-state index contributed by atoms with van der Waals surface area (Å²) in [5.41, 5.74) is 1.48. The Morgan fingerprint density at radius 3 is 2.17 bits per heavy atom. The molecule has 0 bridgehead atoms. The van der Waals surface area contributed by atoms with Crippen molar-refractivity contribution in [3.63, 3.8) is 0 Å². The topological polar surface area (TPSA) is 63.2 Å². The summed E-state index contributed by atoms with van der Waals surface area (Å²) in [7, 11) is -3.91. The normalized spacial score (nSPS) is 11.4. The van der Waals surface area contributed by atoms with Gasteiger partial charge in [-0.05, 0) is 35.2 Å². The Hall–Kier alpha value is -2.96. The summed E-state index contributed by atoms with van der Waals surface area (Å²) in [4.78, 5) is 13.0. The van der Waals surface area contributed by atoms with E-state index in [1.807, 2.05) is 42.5 Å². The standard InChI is InChI=1S/C24H18BrNO3S/c25-21-14-15-24(19-11-5-4-10-18(19)21)30(28,29)26-22-13-7-6-12-20(22)23(27)16-17-8-2-1-3-9-17/h1-15,26H,16H2. The maximum absolute atomic E-state index is 13.2. The molecule has 0 aliphatic carbocycles. The summed E-state index contributed by atoms with van der Waals surface area (Å²) in [6.45, 7) is 0. The molecule has 0 saturated heterocycles. The first kappa shape index (κ1) is 20.3. The Morgan fingerprint density at radius 2 is 1.40 bits per heavy atom. The molecule has 4 rings (SSSR count). The molecule has 4 aromatic carbocycles. The van der Waals surface area contributed by atoms with Crippen LogP contribution < -0.4 is 4.72 Å². The van der Waals surface area contributed by atoms with Gasteiger partial charge < -0.3 is 0 Å². The zero-order chi connectivity index (χ0) is 21.1. The van der Waals surface area contributed by atoms with Gasteiger partial charge >= 0.3 is 0 Å². The minimum absolute atomic E-state index is 0.153. The van der Waals surface area contributed by atoms with Gasteiger partial charge in [-0.1, -0.05) is 82.7 Å². The van der Waals surface area contributed by atoms with Gasteiger partial charge in [-0.3, -0.25) is 9.52 Å². The fraction of sp³-hybridized carbons (Fsp3) is 0.0417. The Morgan fingerprint density at radius 1 is 0.767 bits per heavy atom. The third-order valence-electron chi connectivity index (χ3n) is 4.80. The molecule has 0 heterocycles. The van der Waals surface area contributed by atoms with Crippen molar-refractivity contribution < 1.29 is 13.2 Å². The summed E-state index contributed by atoms with van der Waals surface area (Å²) in [6, 6.07) is 26.6. The van der Waals surface area contributed by atoms with E-state index in [9.17, 15) is 13.2 Å². The third-order valence-corrected chi connectivity index (χ3v) is 6.91. The van der Waals surface area contributed by atoms with Crippen molar-refractivity contribution in [1.29, 1.82) is 0 Å². The molecule has 0 aliphatic heterocycles. The number of benzene rings is 4. The lowest BCUT2D eigenvalue weighted by molar-refractivity contribution is 0.0994. The first-order valence-electron chi connectivity index (χ1n) is 9.32. The maximum Gasteiger partial charge on any atom is 0.262 e. The lowest BCUT2D eigenvalue weighted by atomic mass is 10.0. The summed E-state index contributed by atoms with van der Waals surface area (Å²) in [5.74, 6) is -0.153. The number of para-hydroxylation sites is 1. The highest BCUT2D eigenvalue weighted by atomic mass is 79.9. The van der Waals surface area contributed by atoms with Crippen LogP contribution in [0.1, 0.15) is 15.9 Å². The fourth-order valence-corrected chi connectivity index (χ4v) is 5.13. The highest BCUT2D eigenvalue weighted by molar-refractivity contribution is 9.10. The minimum atomic E-state index is -3.91. The molecule has 30 heavy (non-hydrogen) atoms. The van der Waals surface area contributed by atoms with E-state index in [0.29, 0.717) is 10.9 Å². The first-order valence-corrected chi connectivity index (χ1v) is 11.6. The molecule has 0 fully saturated rings. The van der Waals surface area contributed by atoms with Crippen LogP contribution in [-0.4, -0.2) is 14.2 Å². The number of anilines is 1. The Labute approximate surface area is 183 Å². The van der Waals surface area contributed by atoms with Gasteiger partial charge in [-0.25, -0.2) is 8.42 Å². The molecule has 0 aliphatic rings. The minimum Gasteiger partial charge on any atom is -0.294 e. The summed E-state index contributed by atoms with van der Waals surface area (Å²) >= 11 is 3.47. The van der Waals surface area contributed by atoms with Gasteiger partial charge in [-0.2, -0.15) is 0 Å². The summed E-state index contributed by atoms with van der Waals surface area (Å²) in [6.07, 6.45) is 0.195. The van der Waals surface area contributed by atoms with E-state index in [1.54, 1.807) is 48.5 Å². The lowest BCUT2D eigenvalue weighted by Crippen LogP contribution is -2.16. The van der Waals surface area contributed by atoms with Gasteiger partial charge in [0.15, 0.2) is 5.78 Å². The van der Waals surface area contributed by atoms with Crippen molar-refractivity contribution in [3.8, 4) is 0 Å². The van der Waals surface area contributed by atoms with Gasteiger partial charge in [-0.15, -0.1) is 0 Å². The van der Waals surface area contributed by atoms with Crippen LogP contribution in [0.3, 0.4) is 0 Å². The first-order chi connectivity index (χ1) is 14.5. The molecule has 6 heteroatoms. The van der Waals surface area contributed by atoms with E-state index in [1.165, 1.54) is 0 Å². The second kappa shape index (κ2) is 8.42. The molecular weight excluding hydrogens is 462 g/mol. The third kappa shape index (κ3) is 4.15. The Bertz CT molecular complexity index is 1340. The predicted octanol–water partition coefficient (Wildman–Crippen LogP) is 5.83. The Balaban J connectivity index is 1.70. The molecule has 0 atom stereocenters. The molecule has 0 aromatic heterocycles. The highest BCUT2D eigenvalue weighted by Gasteiger charge is 2.21. The van der Waals surface area contributed by atoms with E-state index >= 15 is 0 Å². The second-order valence-electron chi connectivity index (χ2n) is 6.83. The summed E-state index contributed by atoms with van der Waals surface area (Å²) < 4.78 is 29.9. The number of hydrogen-bond acceptors (Lipinski definition) is 3. The van der Waals surface area contributed by atoms with Crippen LogP contribution in [0.5, 0.6) is 0 Å². The van der Waals surface area contributed by atoms with Gasteiger partial charge in [0.1, 0.15) is 0 Å². The number of carbonyl (C=O) groups excluding carboxylic acids is 1. The molecule has 1 N–H and O–H groups in total. The van der Waals surface area contributed by atoms with Crippen molar-refractivity contribution in [1.82, 2.24) is 0 Å².